The summed E-state index contributed by atoms with van der Waals surface area (Å²) in [5.41, 5.74) is 1.38. The van der Waals surface area contributed by atoms with Crippen molar-refractivity contribution in [3.8, 4) is 0 Å². The number of ether oxygens (including phenoxy) is 3. The monoisotopic (exact) mass is 254 g/mol. The molecule has 3 heteroatoms. The van der Waals surface area contributed by atoms with Gasteiger partial charge in [0, 0.05) is 6.61 Å². The second kappa shape index (κ2) is 11.3. The normalized spacial score (nSPS) is 17.3. The van der Waals surface area contributed by atoms with E-state index in [0.29, 0.717) is 26.4 Å². The third-order valence-corrected chi connectivity index (χ3v) is 2.79. The molecular weight excluding hydrogens is 228 g/mol. The Morgan fingerprint density at radius 2 is 1.83 bits per heavy atom. The van der Waals surface area contributed by atoms with Crippen LogP contribution in [0.1, 0.15) is 39.0 Å². The summed E-state index contributed by atoms with van der Waals surface area (Å²) in [4.78, 5) is 0. The van der Waals surface area contributed by atoms with Gasteiger partial charge in [0.15, 0.2) is 0 Å². The standard InChI is InChI=1S/C15H26O3/c1-2-3-9-16-10-11-17-12-13-18-14-15-7-5-4-6-8-15/h4-5,14H,2-3,6-13H2,1H3. The van der Waals surface area contributed by atoms with Gasteiger partial charge in [0.2, 0.25) is 0 Å². The summed E-state index contributed by atoms with van der Waals surface area (Å²) >= 11 is 0. The van der Waals surface area contributed by atoms with E-state index in [1.165, 1.54) is 12.0 Å². The van der Waals surface area contributed by atoms with Crippen LogP contribution in [0, 0.1) is 0 Å². The van der Waals surface area contributed by atoms with E-state index >= 15 is 0 Å². The Morgan fingerprint density at radius 1 is 1.06 bits per heavy atom. The molecule has 0 saturated heterocycles. The number of rotatable bonds is 10. The van der Waals surface area contributed by atoms with E-state index < -0.39 is 0 Å². The van der Waals surface area contributed by atoms with Crippen molar-refractivity contribution in [1.82, 2.24) is 0 Å². The fraction of sp³-hybridized carbons (Fsp3) is 0.733. The molecule has 18 heavy (non-hydrogen) atoms. The summed E-state index contributed by atoms with van der Waals surface area (Å²) in [6.45, 7) is 5.61. The molecule has 0 heterocycles. The maximum absolute atomic E-state index is 5.46. The maximum atomic E-state index is 5.46. The Bertz CT molecular complexity index is 246. The summed E-state index contributed by atoms with van der Waals surface area (Å²) < 4.78 is 16.3. The Balaban J connectivity index is 1.82. The lowest BCUT2D eigenvalue weighted by atomic mass is 10.0. The quantitative estimate of drug-likeness (QED) is 0.339. The fourth-order valence-corrected chi connectivity index (χ4v) is 1.68. The van der Waals surface area contributed by atoms with E-state index in [9.17, 15) is 0 Å². The SMILES string of the molecule is CCCCOCCOCCOC=C1CC=CCC1. The van der Waals surface area contributed by atoms with E-state index in [1.54, 1.807) is 0 Å². The summed E-state index contributed by atoms with van der Waals surface area (Å²) in [5.74, 6) is 0. The second-order valence-corrected chi connectivity index (χ2v) is 4.44. The van der Waals surface area contributed by atoms with Gasteiger partial charge in [0.05, 0.1) is 26.1 Å². The first-order valence-corrected chi connectivity index (χ1v) is 7.03. The molecule has 0 aromatic carbocycles. The highest BCUT2D eigenvalue weighted by Gasteiger charge is 1.99. The number of hydrogen-bond donors (Lipinski definition) is 0. The molecule has 0 radical (unpaired) electrons. The van der Waals surface area contributed by atoms with Gasteiger partial charge in [-0.15, -0.1) is 0 Å². The predicted octanol–water partition coefficient (Wildman–Crippen LogP) is 3.46. The predicted molar refractivity (Wildman–Crippen MR) is 73.6 cm³/mol. The van der Waals surface area contributed by atoms with E-state index in [1.807, 2.05) is 6.26 Å². The van der Waals surface area contributed by atoms with Crippen LogP contribution in [0.4, 0.5) is 0 Å². The Labute approximate surface area is 111 Å². The van der Waals surface area contributed by atoms with Gasteiger partial charge in [-0.3, -0.25) is 0 Å². The van der Waals surface area contributed by atoms with Gasteiger partial charge in [-0.25, -0.2) is 0 Å². The summed E-state index contributed by atoms with van der Waals surface area (Å²) in [7, 11) is 0. The lowest BCUT2D eigenvalue weighted by Gasteiger charge is -2.09. The molecular formula is C15H26O3. The summed E-state index contributed by atoms with van der Waals surface area (Å²) in [6, 6.07) is 0. The molecule has 0 amide bonds. The molecule has 0 unspecified atom stereocenters. The highest BCUT2D eigenvalue weighted by molar-refractivity contribution is 5.10. The molecule has 3 nitrogen and oxygen atoms in total. The molecule has 0 spiro atoms. The molecule has 0 aromatic heterocycles. The summed E-state index contributed by atoms with van der Waals surface area (Å²) in [6.07, 6.45) is 11.9. The average Bonchev–Trinajstić information content (AvgIpc) is 2.42. The summed E-state index contributed by atoms with van der Waals surface area (Å²) in [5, 5.41) is 0. The van der Waals surface area contributed by atoms with Gasteiger partial charge in [-0.1, -0.05) is 25.5 Å². The van der Waals surface area contributed by atoms with Crippen LogP contribution in [0.25, 0.3) is 0 Å². The van der Waals surface area contributed by atoms with Crippen molar-refractivity contribution >= 4 is 0 Å². The Morgan fingerprint density at radius 3 is 2.56 bits per heavy atom. The number of hydrogen-bond acceptors (Lipinski definition) is 3. The molecule has 1 rings (SSSR count). The van der Waals surface area contributed by atoms with Crippen LogP contribution >= 0.6 is 0 Å². The first-order valence-electron chi connectivity index (χ1n) is 7.03. The largest absolute Gasteiger partial charge is 0.499 e. The van der Waals surface area contributed by atoms with Gasteiger partial charge in [-0.05, 0) is 31.3 Å². The number of unbranched alkanes of at least 4 members (excludes halogenated alkanes) is 1. The zero-order chi connectivity index (χ0) is 12.9. The lowest BCUT2D eigenvalue weighted by Crippen LogP contribution is -2.08. The Kier molecular flexibility index (Phi) is 9.58. The van der Waals surface area contributed by atoms with Crippen molar-refractivity contribution < 1.29 is 14.2 Å². The van der Waals surface area contributed by atoms with Crippen LogP contribution in [-0.4, -0.2) is 33.0 Å². The van der Waals surface area contributed by atoms with Crippen molar-refractivity contribution in [2.75, 3.05) is 33.0 Å². The molecule has 0 saturated carbocycles. The van der Waals surface area contributed by atoms with Gasteiger partial charge < -0.3 is 14.2 Å². The van der Waals surface area contributed by atoms with Gasteiger partial charge in [0.25, 0.3) is 0 Å². The molecule has 0 aliphatic heterocycles. The molecule has 0 fully saturated rings. The Hall–Kier alpha value is -0.800. The first-order chi connectivity index (χ1) is 8.93. The average molecular weight is 254 g/mol. The van der Waals surface area contributed by atoms with Crippen molar-refractivity contribution in [3.05, 3.63) is 24.0 Å². The van der Waals surface area contributed by atoms with Crippen LogP contribution < -0.4 is 0 Å². The molecule has 0 atom stereocenters. The highest BCUT2D eigenvalue weighted by Crippen LogP contribution is 2.16. The third-order valence-electron chi connectivity index (χ3n) is 2.79. The van der Waals surface area contributed by atoms with Gasteiger partial charge in [0.1, 0.15) is 6.61 Å². The fourth-order valence-electron chi connectivity index (χ4n) is 1.68. The zero-order valence-electron chi connectivity index (χ0n) is 11.5. The molecule has 0 N–H and O–H groups in total. The van der Waals surface area contributed by atoms with Gasteiger partial charge >= 0.3 is 0 Å². The van der Waals surface area contributed by atoms with E-state index in [2.05, 4.69) is 19.1 Å². The van der Waals surface area contributed by atoms with Crippen LogP contribution in [0.3, 0.4) is 0 Å². The van der Waals surface area contributed by atoms with E-state index in [0.717, 1.165) is 32.3 Å². The van der Waals surface area contributed by atoms with Gasteiger partial charge in [-0.2, -0.15) is 0 Å². The van der Waals surface area contributed by atoms with Crippen molar-refractivity contribution in [2.24, 2.45) is 0 Å². The minimum atomic E-state index is 0.627. The molecule has 1 aliphatic carbocycles. The second-order valence-electron chi connectivity index (χ2n) is 4.44. The van der Waals surface area contributed by atoms with Crippen molar-refractivity contribution in [3.63, 3.8) is 0 Å². The topological polar surface area (TPSA) is 27.7 Å². The minimum Gasteiger partial charge on any atom is -0.499 e. The number of allylic oxidation sites excluding steroid dienone is 3. The minimum absolute atomic E-state index is 0.627. The first kappa shape index (κ1) is 15.3. The van der Waals surface area contributed by atoms with Crippen LogP contribution in [0.15, 0.2) is 24.0 Å². The van der Waals surface area contributed by atoms with Crippen LogP contribution in [0.2, 0.25) is 0 Å². The lowest BCUT2D eigenvalue weighted by molar-refractivity contribution is 0.0296. The maximum Gasteiger partial charge on any atom is 0.111 e. The smallest absolute Gasteiger partial charge is 0.111 e. The van der Waals surface area contributed by atoms with Crippen molar-refractivity contribution in [1.29, 1.82) is 0 Å². The molecule has 0 aromatic rings. The van der Waals surface area contributed by atoms with E-state index in [-0.39, 0.29) is 0 Å². The van der Waals surface area contributed by atoms with E-state index in [4.69, 9.17) is 14.2 Å². The van der Waals surface area contributed by atoms with Crippen LogP contribution in [0.5, 0.6) is 0 Å². The molecule has 0 bridgehead atoms. The highest BCUT2D eigenvalue weighted by atomic mass is 16.5. The van der Waals surface area contributed by atoms with Crippen molar-refractivity contribution in [2.45, 2.75) is 39.0 Å². The third kappa shape index (κ3) is 8.31. The van der Waals surface area contributed by atoms with Crippen LogP contribution in [-0.2, 0) is 14.2 Å². The molecule has 104 valence electrons. The molecule has 1 aliphatic rings. The zero-order valence-corrected chi connectivity index (χ0v) is 11.5.